The summed E-state index contributed by atoms with van der Waals surface area (Å²) < 4.78 is 5.28. The number of hydrogen-bond acceptors (Lipinski definition) is 3. The molecule has 0 spiro atoms. The summed E-state index contributed by atoms with van der Waals surface area (Å²) in [4.78, 5) is 24.7. The number of nitrogens with zero attached hydrogens (tertiary/aromatic N) is 1. The van der Waals surface area contributed by atoms with Gasteiger partial charge >= 0.3 is 12.0 Å². The Labute approximate surface area is 120 Å². The first-order chi connectivity index (χ1) is 9.40. The van der Waals surface area contributed by atoms with Crippen LogP contribution in [0.5, 0.6) is 0 Å². The van der Waals surface area contributed by atoms with Crippen molar-refractivity contribution in [3.63, 3.8) is 0 Å². The molecule has 2 amide bonds. The third-order valence-corrected chi connectivity index (χ3v) is 3.52. The number of amides is 2. The van der Waals surface area contributed by atoms with E-state index in [1.54, 1.807) is 11.9 Å². The molecule has 1 aliphatic rings. The molecule has 2 N–H and O–H groups in total. The van der Waals surface area contributed by atoms with Gasteiger partial charge in [0.2, 0.25) is 0 Å². The predicted octanol–water partition coefficient (Wildman–Crippen LogP) is 1.55. The SMILES string of the molecule is CC(C)C[C@H](NC(=O)N(C)CC1CCOCC1)C(=O)O. The van der Waals surface area contributed by atoms with Gasteiger partial charge in [-0.1, -0.05) is 13.8 Å². The van der Waals surface area contributed by atoms with Gasteiger partial charge in [0, 0.05) is 26.8 Å². The number of nitrogens with one attached hydrogen (secondary N) is 1. The zero-order valence-corrected chi connectivity index (χ0v) is 12.6. The first-order valence-corrected chi connectivity index (χ1v) is 7.22. The molecule has 0 aromatic carbocycles. The number of carbonyl (C=O) groups excluding carboxylic acids is 1. The summed E-state index contributed by atoms with van der Waals surface area (Å²) in [6.07, 6.45) is 2.34. The van der Waals surface area contributed by atoms with Crippen LogP contribution >= 0.6 is 0 Å². The Kier molecular flexibility index (Phi) is 6.78. The zero-order chi connectivity index (χ0) is 15.1. The first kappa shape index (κ1) is 16.8. The van der Waals surface area contributed by atoms with Gasteiger partial charge in [-0.15, -0.1) is 0 Å². The molecule has 0 radical (unpaired) electrons. The Morgan fingerprint density at radius 1 is 1.35 bits per heavy atom. The van der Waals surface area contributed by atoms with E-state index in [9.17, 15) is 9.59 Å². The third kappa shape index (κ3) is 5.77. The molecular formula is C14H26N2O4. The van der Waals surface area contributed by atoms with Crippen LogP contribution in [0.3, 0.4) is 0 Å². The van der Waals surface area contributed by atoms with Gasteiger partial charge in [0.25, 0.3) is 0 Å². The fourth-order valence-corrected chi connectivity index (χ4v) is 2.35. The first-order valence-electron chi connectivity index (χ1n) is 7.22. The van der Waals surface area contributed by atoms with Crippen LogP contribution in [0.15, 0.2) is 0 Å². The fraction of sp³-hybridized carbons (Fsp3) is 0.857. The van der Waals surface area contributed by atoms with Crippen molar-refractivity contribution in [1.82, 2.24) is 10.2 Å². The molecule has 0 saturated carbocycles. The average molecular weight is 286 g/mol. The zero-order valence-electron chi connectivity index (χ0n) is 12.6. The van der Waals surface area contributed by atoms with Crippen LogP contribution in [0.25, 0.3) is 0 Å². The van der Waals surface area contributed by atoms with E-state index in [1.165, 1.54) is 0 Å². The molecule has 1 aliphatic heterocycles. The summed E-state index contributed by atoms with van der Waals surface area (Å²) >= 11 is 0. The van der Waals surface area contributed by atoms with Crippen molar-refractivity contribution < 1.29 is 19.4 Å². The van der Waals surface area contributed by atoms with E-state index in [2.05, 4.69) is 5.32 Å². The molecule has 0 aromatic heterocycles. The molecule has 0 aliphatic carbocycles. The molecule has 116 valence electrons. The lowest BCUT2D eigenvalue weighted by Crippen LogP contribution is -2.48. The molecule has 0 bridgehead atoms. The minimum atomic E-state index is -0.980. The predicted molar refractivity (Wildman–Crippen MR) is 75.6 cm³/mol. The van der Waals surface area contributed by atoms with Gasteiger partial charge in [0.05, 0.1) is 0 Å². The second-order valence-electron chi connectivity index (χ2n) is 5.91. The molecule has 1 rings (SSSR count). The number of urea groups is 1. The fourth-order valence-electron chi connectivity index (χ4n) is 2.35. The van der Waals surface area contributed by atoms with Crippen LogP contribution in [0.2, 0.25) is 0 Å². The van der Waals surface area contributed by atoms with Crippen molar-refractivity contribution in [2.75, 3.05) is 26.8 Å². The topological polar surface area (TPSA) is 78.9 Å². The lowest BCUT2D eigenvalue weighted by Gasteiger charge is -2.28. The van der Waals surface area contributed by atoms with E-state index in [-0.39, 0.29) is 11.9 Å². The summed E-state index contributed by atoms with van der Waals surface area (Å²) in [5, 5.41) is 11.7. The van der Waals surface area contributed by atoms with Gasteiger partial charge in [-0.2, -0.15) is 0 Å². The number of rotatable bonds is 6. The van der Waals surface area contributed by atoms with E-state index in [1.807, 2.05) is 13.8 Å². The second-order valence-corrected chi connectivity index (χ2v) is 5.91. The van der Waals surface area contributed by atoms with E-state index in [0.717, 1.165) is 26.1 Å². The average Bonchev–Trinajstić information content (AvgIpc) is 2.38. The molecule has 1 fully saturated rings. The van der Waals surface area contributed by atoms with Crippen molar-refractivity contribution in [2.24, 2.45) is 11.8 Å². The summed E-state index contributed by atoms with van der Waals surface area (Å²) in [6.45, 7) is 6.00. The summed E-state index contributed by atoms with van der Waals surface area (Å²) in [7, 11) is 1.71. The van der Waals surface area contributed by atoms with Crippen LogP contribution in [-0.4, -0.2) is 54.9 Å². The lowest BCUT2D eigenvalue weighted by atomic mass is 10.00. The summed E-state index contributed by atoms with van der Waals surface area (Å²) in [6, 6.07) is -1.14. The second kappa shape index (κ2) is 8.09. The Morgan fingerprint density at radius 3 is 2.45 bits per heavy atom. The molecule has 1 saturated heterocycles. The van der Waals surface area contributed by atoms with Crippen LogP contribution in [0, 0.1) is 11.8 Å². The monoisotopic (exact) mass is 286 g/mol. The maximum Gasteiger partial charge on any atom is 0.326 e. The van der Waals surface area contributed by atoms with Crippen LogP contribution < -0.4 is 5.32 Å². The van der Waals surface area contributed by atoms with Gasteiger partial charge in [-0.25, -0.2) is 9.59 Å². The smallest absolute Gasteiger partial charge is 0.326 e. The largest absolute Gasteiger partial charge is 0.480 e. The van der Waals surface area contributed by atoms with Gasteiger partial charge < -0.3 is 20.1 Å². The molecule has 1 atom stereocenters. The van der Waals surface area contributed by atoms with Crippen LogP contribution in [-0.2, 0) is 9.53 Å². The maximum atomic E-state index is 12.0. The van der Waals surface area contributed by atoms with E-state index in [0.29, 0.717) is 18.9 Å². The highest BCUT2D eigenvalue weighted by Crippen LogP contribution is 2.15. The number of ether oxygens (including phenoxy) is 1. The van der Waals surface area contributed by atoms with Crippen molar-refractivity contribution >= 4 is 12.0 Å². The van der Waals surface area contributed by atoms with Crippen LogP contribution in [0.1, 0.15) is 33.1 Å². The summed E-state index contributed by atoms with van der Waals surface area (Å²) in [5.74, 6) is -0.323. The highest BCUT2D eigenvalue weighted by molar-refractivity contribution is 5.82. The molecule has 6 nitrogen and oxygen atoms in total. The Balaban J connectivity index is 2.43. The standard InChI is InChI=1S/C14H26N2O4/c1-10(2)8-12(13(17)18)15-14(19)16(3)9-11-4-6-20-7-5-11/h10-12H,4-9H2,1-3H3,(H,15,19)(H,17,18)/t12-/m0/s1. The number of carboxylic acids is 1. The molecule has 6 heteroatoms. The normalized spacial score (nSPS) is 17.8. The summed E-state index contributed by atoms with van der Waals surface area (Å²) in [5.41, 5.74) is 0. The minimum Gasteiger partial charge on any atom is -0.480 e. The molecule has 1 heterocycles. The van der Waals surface area contributed by atoms with Crippen molar-refractivity contribution in [1.29, 1.82) is 0 Å². The van der Waals surface area contributed by atoms with Crippen molar-refractivity contribution in [3.8, 4) is 0 Å². The van der Waals surface area contributed by atoms with Crippen molar-refractivity contribution in [3.05, 3.63) is 0 Å². The molecular weight excluding hydrogens is 260 g/mol. The van der Waals surface area contributed by atoms with E-state index >= 15 is 0 Å². The van der Waals surface area contributed by atoms with Gasteiger partial charge in [-0.3, -0.25) is 0 Å². The Morgan fingerprint density at radius 2 is 1.95 bits per heavy atom. The van der Waals surface area contributed by atoms with Gasteiger partial charge in [0.1, 0.15) is 6.04 Å². The van der Waals surface area contributed by atoms with Gasteiger partial charge in [-0.05, 0) is 31.1 Å². The van der Waals surface area contributed by atoms with Gasteiger partial charge in [0.15, 0.2) is 0 Å². The lowest BCUT2D eigenvalue weighted by molar-refractivity contribution is -0.139. The molecule has 20 heavy (non-hydrogen) atoms. The third-order valence-electron chi connectivity index (χ3n) is 3.52. The minimum absolute atomic E-state index is 0.220. The number of carboxylic acid groups (broad SMARTS) is 1. The number of hydrogen-bond donors (Lipinski definition) is 2. The Hall–Kier alpha value is -1.30. The number of aliphatic carboxylic acids is 1. The molecule has 0 unspecified atom stereocenters. The van der Waals surface area contributed by atoms with Crippen molar-refractivity contribution in [2.45, 2.75) is 39.2 Å². The van der Waals surface area contributed by atoms with E-state index in [4.69, 9.17) is 9.84 Å². The highest BCUT2D eigenvalue weighted by atomic mass is 16.5. The maximum absolute atomic E-state index is 12.0. The Bertz CT molecular complexity index is 327. The highest BCUT2D eigenvalue weighted by Gasteiger charge is 2.24. The molecule has 0 aromatic rings. The van der Waals surface area contributed by atoms with Crippen LogP contribution in [0.4, 0.5) is 4.79 Å². The number of carbonyl (C=O) groups is 2. The van der Waals surface area contributed by atoms with E-state index < -0.39 is 12.0 Å². The quantitative estimate of drug-likeness (QED) is 0.776.